The van der Waals surface area contributed by atoms with Gasteiger partial charge in [0.15, 0.2) is 0 Å². The predicted molar refractivity (Wildman–Crippen MR) is 124 cm³/mol. The number of carbonyl (C=O) groups is 2. The molecule has 4 aromatic rings. The fourth-order valence-corrected chi connectivity index (χ4v) is 4.05. The van der Waals surface area contributed by atoms with Crippen molar-refractivity contribution in [3.05, 3.63) is 95.2 Å². The van der Waals surface area contributed by atoms with Gasteiger partial charge in [-0.05, 0) is 35.2 Å². The van der Waals surface area contributed by atoms with Crippen LogP contribution in [0, 0.1) is 0 Å². The molecular weight excluding hydrogens is 416 g/mol. The van der Waals surface area contributed by atoms with E-state index < -0.39 is 0 Å². The largest absolute Gasteiger partial charge is 0.383 e. The highest BCUT2D eigenvalue weighted by Crippen LogP contribution is 2.25. The highest BCUT2D eigenvalue weighted by Gasteiger charge is 2.26. The topological polar surface area (TPSA) is 114 Å². The molecule has 3 aromatic heterocycles. The van der Waals surface area contributed by atoms with Crippen molar-refractivity contribution in [1.29, 1.82) is 0 Å². The average molecular weight is 438 g/mol. The maximum absolute atomic E-state index is 13.3. The molecule has 0 atom stereocenters. The molecule has 0 spiro atoms. The number of hydrogen-bond acceptors (Lipinski definition) is 6. The third kappa shape index (κ3) is 4.10. The molecule has 2 amide bonds. The second-order valence-corrected chi connectivity index (χ2v) is 7.89. The van der Waals surface area contributed by atoms with Crippen molar-refractivity contribution in [2.45, 2.75) is 19.5 Å². The molecule has 5 rings (SSSR count). The van der Waals surface area contributed by atoms with Gasteiger partial charge in [0.05, 0.1) is 17.8 Å². The molecule has 0 bridgehead atoms. The van der Waals surface area contributed by atoms with E-state index in [0.717, 1.165) is 27.7 Å². The number of anilines is 1. The number of nitrogens with one attached hydrogen (secondary N) is 1. The molecule has 1 aromatic carbocycles. The SMILES string of the molecule is Nc1nc2c(cc1C(=O)NCc1ccccn1)CN(C(=O)c1nccc3ccccc13)CC2. The number of benzene rings is 1. The van der Waals surface area contributed by atoms with Crippen molar-refractivity contribution in [3.8, 4) is 0 Å². The van der Waals surface area contributed by atoms with Crippen LogP contribution in [0.5, 0.6) is 0 Å². The molecule has 33 heavy (non-hydrogen) atoms. The Morgan fingerprint density at radius 3 is 2.73 bits per heavy atom. The van der Waals surface area contributed by atoms with Gasteiger partial charge >= 0.3 is 0 Å². The number of amides is 2. The molecule has 8 nitrogen and oxygen atoms in total. The Bertz CT molecular complexity index is 1350. The minimum Gasteiger partial charge on any atom is -0.383 e. The van der Waals surface area contributed by atoms with Gasteiger partial charge in [0.2, 0.25) is 0 Å². The van der Waals surface area contributed by atoms with Crippen LogP contribution < -0.4 is 11.1 Å². The predicted octanol–water partition coefficient (Wildman–Crippen LogP) is 2.74. The van der Waals surface area contributed by atoms with E-state index in [0.29, 0.717) is 30.8 Å². The van der Waals surface area contributed by atoms with Crippen LogP contribution in [-0.2, 0) is 19.5 Å². The second-order valence-electron chi connectivity index (χ2n) is 7.89. The number of nitrogens with zero attached hydrogens (tertiary/aromatic N) is 4. The van der Waals surface area contributed by atoms with Crippen LogP contribution in [-0.4, -0.2) is 38.2 Å². The van der Waals surface area contributed by atoms with Gasteiger partial charge in [-0.15, -0.1) is 0 Å². The van der Waals surface area contributed by atoms with Gasteiger partial charge in [-0.3, -0.25) is 19.6 Å². The molecule has 8 heteroatoms. The van der Waals surface area contributed by atoms with E-state index in [-0.39, 0.29) is 24.2 Å². The molecule has 4 heterocycles. The van der Waals surface area contributed by atoms with Gasteiger partial charge in [0.25, 0.3) is 11.8 Å². The monoisotopic (exact) mass is 438 g/mol. The number of rotatable bonds is 4. The zero-order chi connectivity index (χ0) is 22.8. The van der Waals surface area contributed by atoms with Crippen molar-refractivity contribution >= 4 is 28.4 Å². The van der Waals surface area contributed by atoms with Gasteiger partial charge in [-0.1, -0.05) is 30.3 Å². The van der Waals surface area contributed by atoms with Crippen LogP contribution in [0.4, 0.5) is 5.82 Å². The van der Waals surface area contributed by atoms with Crippen molar-refractivity contribution in [2.75, 3.05) is 12.3 Å². The molecule has 164 valence electrons. The first kappa shape index (κ1) is 20.6. The highest BCUT2D eigenvalue weighted by molar-refractivity contribution is 6.05. The van der Waals surface area contributed by atoms with Crippen LogP contribution in [0.2, 0.25) is 0 Å². The molecule has 0 radical (unpaired) electrons. The standard InChI is InChI=1S/C25H22N6O2/c26-23-20(24(32)29-14-18-6-3-4-10-27-18)13-17-15-31(12-9-21(17)30-23)25(33)22-19-7-2-1-5-16(19)8-11-28-22/h1-8,10-11,13H,9,12,14-15H2,(H2,26,30)(H,29,32). The Balaban J connectivity index is 1.37. The molecule has 0 aliphatic carbocycles. The number of pyridine rings is 3. The third-order valence-corrected chi connectivity index (χ3v) is 5.76. The highest BCUT2D eigenvalue weighted by atomic mass is 16.2. The smallest absolute Gasteiger partial charge is 0.273 e. The van der Waals surface area contributed by atoms with E-state index in [2.05, 4.69) is 20.3 Å². The Kier molecular flexibility index (Phi) is 5.40. The third-order valence-electron chi connectivity index (χ3n) is 5.76. The van der Waals surface area contributed by atoms with E-state index in [9.17, 15) is 9.59 Å². The van der Waals surface area contributed by atoms with Gasteiger partial charge in [-0.2, -0.15) is 0 Å². The molecule has 0 saturated carbocycles. The fraction of sp³-hybridized carbons (Fsp3) is 0.160. The summed E-state index contributed by atoms with van der Waals surface area (Å²) in [5, 5.41) is 4.62. The Labute approximate surface area is 190 Å². The molecule has 1 aliphatic rings. The van der Waals surface area contributed by atoms with E-state index >= 15 is 0 Å². The zero-order valence-electron chi connectivity index (χ0n) is 17.9. The van der Waals surface area contributed by atoms with E-state index in [1.165, 1.54) is 0 Å². The first-order chi connectivity index (χ1) is 16.1. The molecule has 1 aliphatic heterocycles. The van der Waals surface area contributed by atoms with Crippen LogP contribution in [0.15, 0.2) is 67.0 Å². The first-order valence-corrected chi connectivity index (χ1v) is 10.7. The maximum atomic E-state index is 13.3. The average Bonchev–Trinajstić information content (AvgIpc) is 2.86. The summed E-state index contributed by atoms with van der Waals surface area (Å²) in [5.74, 6) is -0.286. The summed E-state index contributed by atoms with van der Waals surface area (Å²) in [6.07, 6.45) is 3.89. The normalized spacial score (nSPS) is 12.9. The summed E-state index contributed by atoms with van der Waals surface area (Å²) in [4.78, 5) is 40.8. The lowest BCUT2D eigenvalue weighted by molar-refractivity contribution is 0.0730. The van der Waals surface area contributed by atoms with Crippen molar-refractivity contribution in [2.24, 2.45) is 0 Å². The van der Waals surface area contributed by atoms with Crippen LogP contribution >= 0.6 is 0 Å². The van der Waals surface area contributed by atoms with Crippen molar-refractivity contribution < 1.29 is 9.59 Å². The first-order valence-electron chi connectivity index (χ1n) is 10.7. The summed E-state index contributed by atoms with van der Waals surface area (Å²) in [6.45, 7) is 1.13. The summed E-state index contributed by atoms with van der Waals surface area (Å²) < 4.78 is 0. The summed E-state index contributed by atoms with van der Waals surface area (Å²) in [7, 11) is 0. The minimum atomic E-state index is -0.326. The number of nitrogens with two attached hydrogens (primary N) is 1. The number of carbonyl (C=O) groups excluding carboxylic acids is 2. The number of nitrogen functional groups attached to an aromatic ring is 1. The maximum Gasteiger partial charge on any atom is 0.273 e. The molecule has 0 fully saturated rings. The van der Waals surface area contributed by atoms with Gasteiger partial charge in [-0.25, -0.2) is 4.98 Å². The van der Waals surface area contributed by atoms with Crippen LogP contribution in [0.25, 0.3) is 10.8 Å². The molecule has 0 saturated heterocycles. The molecular formula is C25H22N6O2. The lowest BCUT2D eigenvalue weighted by Crippen LogP contribution is -2.37. The second kappa shape index (κ2) is 8.66. The molecule has 0 unspecified atom stereocenters. The zero-order valence-corrected chi connectivity index (χ0v) is 17.9. The van der Waals surface area contributed by atoms with E-state index in [1.807, 2.05) is 48.5 Å². The van der Waals surface area contributed by atoms with Crippen molar-refractivity contribution in [1.82, 2.24) is 25.2 Å². The van der Waals surface area contributed by atoms with Crippen LogP contribution in [0.3, 0.4) is 0 Å². The molecule has 3 N–H and O–H groups in total. The quantitative estimate of drug-likeness (QED) is 0.506. The lowest BCUT2D eigenvalue weighted by atomic mass is 10.0. The van der Waals surface area contributed by atoms with Crippen LogP contribution in [0.1, 0.15) is 37.8 Å². The van der Waals surface area contributed by atoms with E-state index in [1.54, 1.807) is 23.4 Å². The van der Waals surface area contributed by atoms with Gasteiger partial charge in [0, 0.05) is 43.0 Å². The number of hydrogen-bond donors (Lipinski definition) is 2. The number of aromatic nitrogens is 3. The summed E-state index contributed by atoms with van der Waals surface area (Å²) in [5.41, 5.74) is 9.17. The Hall–Kier alpha value is -4.33. The Morgan fingerprint density at radius 1 is 1.03 bits per heavy atom. The van der Waals surface area contributed by atoms with Crippen molar-refractivity contribution in [3.63, 3.8) is 0 Å². The summed E-state index contributed by atoms with van der Waals surface area (Å²) in [6, 6.07) is 16.8. The number of fused-ring (bicyclic) bond motifs is 2. The minimum absolute atomic E-state index is 0.143. The van der Waals surface area contributed by atoms with Gasteiger partial charge < -0.3 is 16.0 Å². The lowest BCUT2D eigenvalue weighted by Gasteiger charge is -2.29. The fourth-order valence-electron chi connectivity index (χ4n) is 4.05. The summed E-state index contributed by atoms with van der Waals surface area (Å²) >= 11 is 0. The van der Waals surface area contributed by atoms with Gasteiger partial charge in [0.1, 0.15) is 11.5 Å². The van der Waals surface area contributed by atoms with E-state index in [4.69, 9.17) is 5.73 Å². The Morgan fingerprint density at radius 2 is 1.88 bits per heavy atom.